The Hall–Kier alpha value is -1.59. The molecule has 1 rings (SSSR count). The first kappa shape index (κ1) is 16.5. The highest BCUT2D eigenvalue weighted by molar-refractivity contribution is 5.80. The summed E-state index contributed by atoms with van der Waals surface area (Å²) in [7, 11) is 3.48. The van der Waals surface area contributed by atoms with Gasteiger partial charge in [-0.3, -0.25) is 4.79 Å². The molecule has 1 unspecified atom stereocenters. The molecule has 1 aromatic rings. The molecule has 1 aromatic carbocycles. The molecule has 2 N–H and O–H groups in total. The van der Waals surface area contributed by atoms with Gasteiger partial charge in [0.2, 0.25) is 0 Å². The molecule has 112 valence electrons. The zero-order valence-electron chi connectivity index (χ0n) is 12.7. The summed E-state index contributed by atoms with van der Waals surface area (Å²) in [4.78, 5) is 11.9. The third kappa shape index (κ3) is 5.19. The first-order valence-electron chi connectivity index (χ1n) is 6.76. The van der Waals surface area contributed by atoms with Crippen LogP contribution in [-0.2, 0) is 16.1 Å². The van der Waals surface area contributed by atoms with E-state index in [1.165, 1.54) is 5.56 Å². The quantitative estimate of drug-likeness (QED) is 0.704. The van der Waals surface area contributed by atoms with E-state index in [9.17, 15) is 4.79 Å². The molecule has 1 atom stereocenters. The van der Waals surface area contributed by atoms with Crippen LogP contribution in [0.25, 0.3) is 0 Å². The van der Waals surface area contributed by atoms with E-state index in [0.29, 0.717) is 19.7 Å². The van der Waals surface area contributed by atoms with Gasteiger partial charge in [0.25, 0.3) is 5.91 Å². The number of amides is 1. The Bertz CT molecular complexity index is 435. The van der Waals surface area contributed by atoms with Gasteiger partial charge >= 0.3 is 0 Å². The number of carbonyl (C=O) groups is 1. The van der Waals surface area contributed by atoms with E-state index in [1.807, 2.05) is 26.1 Å². The second kappa shape index (κ2) is 8.55. The Morgan fingerprint density at radius 2 is 2.15 bits per heavy atom. The Labute approximate surface area is 120 Å². The maximum atomic E-state index is 11.9. The van der Waals surface area contributed by atoms with E-state index < -0.39 is 6.10 Å². The maximum absolute atomic E-state index is 11.9. The SMILES string of the molecule is CNCc1cc(C)ccc1OC(C)C(=O)NCCOC. The summed E-state index contributed by atoms with van der Waals surface area (Å²) in [6.45, 7) is 5.46. The predicted molar refractivity (Wildman–Crippen MR) is 78.9 cm³/mol. The third-order valence-electron chi connectivity index (χ3n) is 2.86. The van der Waals surface area contributed by atoms with Crippen LogP contribution in [0.5, 0.6) is 5.75 Å². The molecule has 0 aliphatic heterocycles. The van der Waals surface area contributed by atoms with Crippen LogP contribution >= 0.6 is 0 Å². The van der Waals surface area contributed by atoms with Gasteiger partial charge in [0.05, 0.1) is 6.61 Å². The summed E-state index contributed by atoms with van der Waals surface area (Å²) in [5.41, 5.74) is 2.21. The fourth-order valence-electron chi connectivity index (χ4n) is 1.82. The molecule has 0 bridgehead atoms. The molecule has 0 fully saturated rings. The molecule has 0 radical (unpaired) electrons. The smallest absolute Gasteiger partial charge is 0.260 e. The molecule has 0 saturated carbocycles. The summed E-state index contributed by atoms with van der Waals surface area (Å²) in [5, 5.41) is 5.86. The van der Waals surface area contributed by atoms with Gasteiger partial charge in [-0.25, -0.2) is 0 Å². The zero-order valence-corrected chi connectivity index (χ0v) is 12.7. The van der Waals surface area contributed by atoms with Gasteiger partial charge in [-0.2, -0.15) is 0 Å². The van der Waals surface area contributed by atoms with E-state index in [0.717, 1.165) is 11.3 Å². The zero-order chi connectivity index (χ0) is 15.0. The number of hydrogen-bond donors (Lipinski definition) is 2. The van der Waals surface area contributed by atoms with Crippen LogP contribution in [0.1, 0.15) is 18.1 Å². The fourth-order valence-corrected chi connectivity index (χ4v) is 1.82. The van der Waals surface area contributed by atoms with Gasteiger partial charge in [0.15, 0.2) is 6.10 Å². The lowest BCUT2D eigenvalue weighted by atomic mass is 10.1. The van der Waals surface area contributed by atoms with Crippen molar-refractivity contribution < 1.29 is 14.3 Å². The number of hydrogen-bond acceptors (Lipinski definition) is 4. The average Bonchev–Trinajstić information content (AvgIpc) is 2.42. The molecule has 0 aliphatic carbocycles. The number of nitrogens with one attached hydrogen (secondary N) is 2. The van der Waals surface area contributed by atoms with Crippen LogP contribution in [0.4, 0.5) is 0 Å². The van der Waals surface area contributed by atoms with Crippen LogP contribution in [0, 0.1) is 6.92 Å². The molecule has 0 aromatic heterocycles. The number of methoxy groups -OCH3 is 1. The summed E-state index contributed by atoms with van der Waals surface area (Å²) in [5.74, 6) is 0.595. The lowest BCUT2D eigenvalue weighted by Gasteiger charge is -2.17. The molecule has 5 nitrogen and oxygen atoms in total. The van der Waals surface area contributed by atoms with Crippen LogP contribution in [-0.4, -0.2) is 39.3 Å². The monoisotopic (exact) mass is 280 g/mol. The van der Waals surface area contributed by atoms with Crippen molar-refractivity contribution in [2.24, 2.45) is 0 Å². The van der Waals surface area contributed by atoms with Crippen molar-refractivity contribution in [3.05, 3.63) is 29.3 Å². The third-order valence-corrected chi connectivity index (χ3v) is 2.86. The standard InChI is InChI=1S/C15H24N2O3/c1-11-5-6-14(13(9-11)10-16-3)20-12(2)15(18)17-7-8-19-4/h5-6,9,12,16H,7-8,10H2,1-4H3,(H,17,18). The van der Waals surface area contributed by atoms with Crippen molar-refractivity contribution >= 4 is 5.91 Å². The van der Waals surface area contributed by atoms with Crippen LogP contribution in [0.2, 0.25) is 0 Å². The largest absolute Gasteiger partial charge is 0.481 e. The highest BCUT2D eigenvalue weighted by Gasteiger charge is 2.15. The Morgan fingerprint density at radius 1 is 1.40 bits per heavy atom. The van der Waals surface area contributed by atoms with Crippen molar-refractivity contribution in [2.75, 3.05) is 27.3 Å². The molecule has 1 amide bonds. The van der Waals surface area contributed by atoms with Gasteiger partial charge in [-0.15, -0.1) is 0 Å². The first-order valence-corrected chi connectivity index (χ1v) is 6.76. The van der Waals surface area contributed by atoms with Crippen molar-refractivity contribution in [1.82, 2.24) is 10.6 Å². The summed E-state index contributed by atoms with van der Waals surface area (Å²) >= 11 is 0. The van der Waals surface area contributed by atoms with E-state index in [-0.39, 0.29) is 5.91 Å². The molecule has 0 spiro atoms. The minimum absolute atomic E-state index is 0.141. The Morgan fingerprint density at radius 3 is 2.80 bits per heavy atom. The highest BCUT2D eigenvalue weighted by atomic mass is 16.5. The summed E-state index contributed by atoms with van der Waals surface area (Å²) in [6.07, 6.45) is -0.537. The Kier molecular flexibility index (Phi) is 7.04. The van der Waals surface area contributed by atoms with Crippen molar-refractivity contribution in [2.45, 2.75) is 26.5 Å². The first-order chi connectivity index (χ1) is 9.58. The average molecular weight is 280 g/mol. The van der Waals surface area contributed by atoms with Crippen molar-refractivity contribution in [3.63, 3.8) is 0 Å². The topological polar surface area (TPSA) is 59.6 Å². The molecule has 5 heteroatoms. The normalized spacial score (nSPS) is 12.0. The molecule has 0 heterocycles. The molecule has 0 saturated heterocycles. The molecular weight excluding hydrogens is 256 g/mol. The summed E-state index contributed by atoms with van der Waals surface area (Å²) < 4.78 is 10.6. The van der Waals surface area contributed by atoms with Gasteiger partial charge < -0.3 is 20.1 Å². The van der Waals surface area contributed by atoms with Gasteiger partial charge in [-0.05, 0) is 27.0 Å². The van der Waals surface area contributed by atoms with Crippen LogP contribution < -0.4 is 15.4 Å². The number of benzene rings is 1. The van der Waals surface area contributed by atoms with E-state index in [1.54, 1.807) is 14.0 Å². The molecule has 20 heavy (non-hydrogen) atoms. The van der Waals surface area contributed by atoms with Gasteiger partial charge in [-0.1, -0.05) is 17.7 Å². The second-order valence-electron chi connectivity index (χ2n) is 4.69. The number of rotatable bonds is 8. The second-order valence-corrected chi connectivity index (χ2v) is 4.69. The minimum atomic E-state index is -0.537. The Balaban J connectivity index is 2.64. The predicted octanol–water partition coefficient (Wildman–Crippen LogP) is 1.24. The minimum Gasteiger partial charge on any atom is -0.481 e. The number of carbonyl (C=O) groups excluding carboxylic acids is 1. The number of ether oxygens (including phenoxy) is 2. The highest BCUT2D eigenvalue weighted by Crippen LogP contribution is 2.21. The molecule has 0 aliphatic rings. The van der Waals surface area contributed by atoms with Gasteiger partial charge in [0.1, 0.15) is 5.75 Å². The van der Waals surface area contributed by atoms with Crippen molar-refractivity contribution in [1.29, 1.82) is 0 Å². The molecular formula is C15H24N2O3. The number of aryl methyl sites for hydroxylation is 1. The van der Waals surface area contributed by atoms with E-state index in [4.69, 9.17) is 9.47 Å². The van der Waals surface area contributed by atoms with E-state index >= 15 is 0 Å². The van der Waals surface area contributed by atoms with E-state index in [2.05, 4.69) is 16.7 Å². The lowest BCUT2D eigenvalue weighted by molar-refractivity contribution is -0.127. The van der Waals surface area contributed by atoms with Crippen molar-refractivity contribution in [3.8, 4) is 5.75 Å². The fraction of sp³-hybridized carbons (Fsp3) is 0.533. The van der Waals surface area contributed by atoms with Gasteiger partial charge in [0, 0.05) is 25.8 Å². The lowest BCUT2D eigenvalue weighted by Crippen LogP contribution is -2.38. The maximum Gasteiger partial charge on any atom is 0.260 e. The summed E-state index contributed by atoms with van der Waals surface area (Å²) in [6, 6.07) is 5.94. The van der Waals surface area contributed by atoms with Crippen LogP contribution in [0.3, 0.4) is 0 Å². The van der Waals surface area contributed by atoms with Crippen LogP contribution in [0.15, 0.2) is 18.2 Å².